The van der Waals surface area contributed by atoms with Gasteiger partial charge in [-0.15, -0.1) is 0 Å². The maximum atomic E-state index is 13.0. The minimum absolute atomic E-state index is 0.365. The molecule has 148 valence electrons. The average molecular weight is 387 g/mol. The second kappa shape index (κ2) is 10.1. The topological polar surface area (TPSA) is 65.1 Å². The first-order chi connectivity index (χ1) is 13.5. The number of anilines is 1. The summed E-state index contributed by atoms with van der Waals surface area (Å²) in [4.78, 5) is 25.6. The normalized spacial score (nSPS) is 10.6. The van der Waals surface area contributed by atoms with Crippen LogP contribution in [0.15, 0.2) is 48.5 Å². The van der Waals surface area contributed by atoms with Crippen molar-refractivity contribution in [3.8, 4) is 11.5 Å². The van der Waals surface area contributed by atoms with E-state index < -0.39 is 18.5 Å². The van der Waals surface area contributed by atoms with Crippen molar-refractivity contribution in [2.45, 2.75) is 6.92 Å². The third-order valence-electron chi connectivity index (χ3n) is 3.91. The number of methoxy groups -OCH3 is 2. The Morgan fingerprint density at radius 2 is 1.71 bits per heavy atom. The fraction of sp³-hybridized carbons (Fsp3) is 0.238. The Hall–Kier alpha value is -3.35. The van der Waals surface area contributed by atoms with E-state index in [1.807, 2.05) is 0 Å². The van der Waals surface area contributed by atoms with Crippen LogP contribution in [0, 0.1) is 5.82 Å². The molecule has 2 aromatic carbocycles. The zero-order chi connectivity index (χ0) is 20.5. The molecular formula is C21H22FNO5. The first-order valence-corrected chi connectivity index (χ1v) is 8.61. The van der Waals surface area contributed by atoms with Crippen LogP contribution in [-0.4, -0.2) is 39.2 Å². The zero-order valence-corrected chi connectivity index (χ0v) is 16.0. The third-order valence-corrected chi connectivity index (χ3v) is 3.91. The van der Waals surface area contributed by atoms with Crippen molar-refractivity contribution >= 4 is 23.6 Å². The first-order valence-electron chi connectivity index (χ1n) is 8.61. The molecule has 0 spiro atoms. The number of ether oxygens (including phenoxy) is 3. The highest BCUT2D eigenvalue weighted by Gasteiger charge is 2.15. The molecule has 0 saturated carbocycles. The van der Waals surface area contributed by atoms with Crippen molar-refractivity contribution in [3.05, 3.63) is 59.9 Å². The summed E-state index contributed by atoms with van der Waals surface area (Å²) < 4.78 is 28.4. The molecule has 1 amide bonds. The number of hydrogen-bond donors (Lipinski definition) is 0. The van der Waals surface area contributed by atoms with Gasteiger partial charge in [0.1, 0.15) is 5.82 Å². The van der Waals surface area contributed by atoms with Crippen LogP contribution < -0.4 is 14.4 Å². The number of amides is 1. The molecule has 0 heterocycles. The highest BCUT2D eigenvalue weighted by atomic mass is 19.1. The Morgan fingerprint density at radius 1 is 1.04 bits per heavy atom. The predicted octanol–water partition coefficient (Wildman–Crippen LogP) is 3.45. The minimum atomic E-state index is -0.654. The number of benzene rings is 2. The number of nitrogens with zero attached hydrogens (tertiary/aromatic N) is 1. The van der Waals surface area contributed by atoms with Crippen LogP contribution >= 0.6 is 0 Å². The summed E-state index contributed by atoms with van der Waals surface area (Å²) in [7, 11) is 3.05. The third kappa shape index (κ3) is 5.57. The molecule has 0 fully saturated rings. The van der Waals surface area contributed by atoms with Gasteiger partial charge in [0.25, 0.3) is 5.91 Å². The van der Waals surface area contributed by atoms with Gasteiger partial charge in [-0.2, -0.15) is 0 Å². The van der Waals surface area contributed by atoms with Gasteiger partial charge in [-0.3, -0.25) is 4.79 Å². The molecule has 7 heteroatoms. The van der Waals surface area contributed by atoms with Crippen LogP contribution in [0.5, 0.6) is 11.5 Å². The predicted molar refractivity (Wildman–Crippen MR) is 104 cm³/mol. The monoisotopic (exact) mass is 387 g/mol. The second-order valence-corrected chi connectivity index (χ2v) is 5.67. The van der Waals surface area contributed by atoms with Gasteiger partial charge in [-0.1, -0.05) is 6.07 Å². The van der Waals surface area contributed by atoms with Crippen LogP contribution in [-0.2, 0) is 14.3 Å². The Balaban J connectivity index is 1.94. The quantitative estimate of drug-likeness (QED) is 0.513. The summed E-state index contributed by atoms with van der Waals surface area (Å²) in [5, 5.41) is 0. The number of esters is 1. The van der Waals surface area contributed by atoms with Gasteiger partial charge in [0, 0.05) is 18.3 Å². The zero-order valence-electron chi connectivity index (χ0n) is 16.0. The summed E-state index contributed by atoms with van der Waals surface area (Å²) in [5.41, 5.74) is 1.24. The fourth-order valence-corrected chi connectivity index (χ4v) is 2.50. The van der Waals surface area contributed by atoms with Gasteiger partial charge < -0.3 is 19.1 Å². The van der Waals surface area contributed by atoms with Crippen LogP contribution in [0.25, 0.3) is 6.08 Å². The van der Waals surface area contributed by atoms with Crippen molar-refractivity contribution < 1.29 is 28.2 Å². The van der Waals surface area contributed by atoms with Crippen LogP contribution in [0.2, 0.25) is 0 Å². The van der Waals surface area contributed by atoms with Gasteiger partial charge in [0.05, 0.1) is 14.2 Å². The van der Waals surface area contributed by atoms with Gasteiger partial charge >= 0.3 is 5.97 Å². The molecule has 2 rings (SSSR count). The highest BCUT2D eigenvalue weighted by Crippen LogP contribution is 2.27. The molecule has 0 N–H and O–H groups in total. The van der Waals surface area contributed by atoms with E-state index in [1.54, 1.807) is 31.2 Å². The van der Waals surface area contributed by atoms with E-state index in [1.165, 1.54) is 49.5 Å². The van der Waals surface area contributed by atoms with Gasteiger partial charge in [0.15, 0.2) is 18.1 Å². The lowest BCUT2D eigenvalue weighted by molar-refractivity contribution is -0.142. The smallest absolute Gasteiger partial charge is 0.331 e. The standard InChI is InChI=1S/C21H22FNO5/c1-4-23(17-9-7-16(22)8-10-17)20(24)14-28-21(25)12-6-15-5-11-18(26-2)19(13-15)27-3/h5-13H,4,14H2,1-3H3/b12-6+. The van der Waals surface area contributed by atoms with E-state index in [9.17, 15) is 14.0 Å². The maximum Gasteiger partial charge on any atom is 0.331 e. The minimum Gasteiger partial charge on any atom is -0.493 e. The van der Waals surface area contributed by atoms with Crippen LogP contribution in [0.4, 0.5) is 10.1 Å². The molecular weight excluding hydrogens is 365 g/mol. The maximum absolute atomic E-state index is 13.0. The molecule has 0 radical (unpaired) electrons. The second-order valence-electron chi connectivity index (χ2n) is 5.67. The number of hydrogen-bond acceptors (Lipinski definition) is 5. The molecule has 0 aliphatic rings. The summed E-state index contributed by atoms with van der Waals surface area (Å²) in [6.45, 7) is 1.73. The van der Waals surface area contributed by atoms with Crippen molar-refractivity contribution in [3.63, 3.8) is 0 Å². The summed E-state index contributed by atoms with van der Waals surface area (Å²) in [6.07, 6.45) is 2.77. The number of rotatable bonds is 8. The average Bonchev–Trinajstić information content (AvgIpc) is 2.72. The van der Waals surface area contributed by atoms with E-state index in [-0.39, 0.29) is 5.82 Å². The number of likely N-dealkylation sites (N-methyl/N-ethyl adjacent to an activating group) is 1. The lowest BCUT2D eigenvalue weighted by Gasteiger charge is -2.20. The lowest BCUT2D eigenvalue weighted by atomic mass is 10.2. The molecule has 0 atom stereocenters. The molecule has 6 nitrogen and oxygen atoms in total. The van der Waals surface area contributed by atoms with Crippen molar-refractivity contribution in [1.82, 2.24) is 0 Å². The van der Waals surface area contributed by atoms with Crippen molar-refractivity contribution in [2.75, 3.05) is 32.3 Å². The lowest BCUT2D eigenvalue weighted by Crippen LogP contribution is -2.34. The molecule has 0 unspecified atom stereocenters. The summed E-state index contributed by atoms with van der Waals surface area (Å²) in [5.74, 6) is -0.335. The Kier molecular flexibility index (Phi) is 7.56. The van der Waals surface area contributed by atoms with Gasteiger partial charge in [0.2, 0.25) is 0 Å². The molecule has 0 aliphatic heterocycles. The number of carbonyl (C=O) groups is 2. The molecule has 2 aromatic rings. The number of carbonyl (C=O) groups excluding carboxylic acids is 2. The molecule has 28 heavy (non-hydrogen) atoms. The van der Waals surface area contributed by atoms with E-state index in [4.69, 9.17) is 14.2 Å². The largest absolute Gasteiger partial charge is 0.493 e. The molecule has 0 saturated heterocycles. The van der Waals surface area contributed by atoms with Crippen LogP contribution in [0.3, 0.4) is 0 Å². The van der Waals surface area contributed by atoms with Gasteiger partial charge in [-0.25, -0.2) is 9.18 Å². The van der Waals surface area contributed by atoms with E-state index in [2.05, 4.69) is 0 Å². The Morgan fingerprint density at radius 3 is 2.32 bits per heavy atom. The molecule has 0 aliphatic carbocycles. The SMILES string of the molecule is CCN(C(=O)COC(=O)/C=C/c1ccc(OC)c(OC)c1)c1ccc(F)cc1. The highest BCUT2D eigenvalue weighted by molar-refractivity contribution is 5.96. The Bertz CT molecular complexity index is 848. The van der Waals surface area contributed by atoms with E-state index in [0.29, 0.717) is 29.3 Å². The molecule has 0 aromatic heterocycles. The van der Waals surface area contributed by atoms with E-state index >= 15 is 0 Å². The van der Waals surface area contributed by atoms with E-state index in [0.717, 1.165) is 0 Å². The summed E-state index contributed by atoms with van der Waals surface area (Å²) >= 11 is 0. The van der Waals surface area contributed by atoms with Gasteiger partial charge in [-0.05, 0) is 55.0 Å². The Labute approximate surface area is 163 Å². The number of halogens is 1. The first kappa shape index (κ1) is 21.0. The summed E-state index contributed by atoms with van der Waals surface area (Å²) in [6, 6.07) is 10.7. The fourth-order valence-electron chi connectivity index (χ4n) is 2.50. The van der Waals surface area contributed by atoms with Crippen molar-refractivity contribution in [2.24, 2.45) is 0 Å². The van der Waals surface area contributed by atoms with Crippen molar-refractivity contribution in [1.29, 1.82) is 0 Å². The molecule has 0 bridgehead atoms. The van der Waals surface area contributed by atoms with Crippen LogP contribution in [0.1, 0.15) is 12.5 Å².